The number of nitrogens with zero attached hydrogens (tertiary/aromatic N) is 3. The summed E-state index contributed by atoms with van der Waals surface area (Å²) in [5, 5.41) is 0. The van der Waals surface area contributed by atoms with Gasteiger partial charge >= 0.3 is 0 Å². The third kappa shape index (κ3) is 3.75. The molecule has 1 fully saturated rings. The lowest BCUT2D eigenvalue weighted by molar-refractivity contribution is 0.0630. The van der Waals surface area contributed by atoms with Gasteiger partial charge in [-0.3, -0.25) is 9.69 Å². The molecule has 1 aromatic rings. The van der Waals surface area contributed by atoms with Crippen LogP contribution in [0.15, 0.2) is 18.2 Å². The molecule has 0 spiro atoms. The van der Waals surface area contributed by atoms with Crippen molar-refractivity contribution in [1.29, 1.82) is 0 Å². The predicted molar refractivity (Wildman–Crippen MR) is 75.0 cm³/mol. The fraction of sp³-hybridized carbons (Fsp3) is 0.571. The van der Waals surface area contributed by atoms with Crippen LogP contribution in [-0.4, -0.2) is 60.0 Å². The van der Waals surface area contributed by atoms with Crippen LogP contribution in [-0.2, 0) is 0 Å². The van der Waals surface area contributed by atoms with Gasteiger partial charge in [0, 0.05) is 31.9 Å². The Hall–Kier alpha value is -1.46. The van der Waals surface area contributed by atoms with Gasteiger partial charge in [0.1, 0.15) is 5.69 Å². The van der Waals surface area contributed by atoms with E-state index >= 15 is 0 Å². The molecule has 19 heavy (non-hydrogen) atoms. The molecule has 5 heteroatoms. The van der Waals surface area contributed by atoms with Crippen LogP contribution in [0.2, 0.25) is 0 Å². The molecule has 1 aliphatic rings. The largest absolute Gasteiger partial charge is 0.335 e. The maximum atomic E-state index is 12.3. The smallest absolute Gasteiger partial charge is 0.272 e. The first-order valence-corrected chi connectivity index (χ1v) is 6.86. The number of piperazine rings is 1. The van der Waals surface area contributed by atoms with Gasteiger partial charge in [-0.05, 0) is 38.6 Å². The zero-order valence-electron chi connectivity index (χ0n) is 11.5. The van der Waals surface area contributed by atoms with Gasteiger partial charge in [0.15, 0.2) is 0 Å². The molecule has 2 rings (SSSR count). The Morgan fingerprint density at radius 1 is 1.32 bits per heavy atom. The highest BCUT2D eigenvalue weighted by Gasteiger charge is 2.22. The molecule has 1 aliphatic heterocycles. The van der Waals surface area contributed by atoms with Gasteiger partial charge in [0.05, 0.1) is 0 Å². The first-order chi connectivity index (χ1) is 9.20. The van der Waals surface area contributed by atoms with Crippen molar-refractivity contribution in [3.63, 3.8) is 0 Å². The maximum absolute atomic E-state index is 12.3. The molecule has 0 aromatic carbocycles. The van der Waals surface area contributed by atoms with Crippen molar-refractivity contribution in [2.75, 3.05) is 39.3 Å². The average Bonchev–Trinajstić information content (AvgIpc) is 2.45. The van der Waals surface area contributed by atoms with Crippen molar-refractivity contribution in [2.45, 2.75) is 13.3 Å². The molecule has 0 saturated carbocycles. The quantitative estimate of drug-likeness (QED) is 0.858. The Labute approximate surface area is 114 Å². The Bertz CT molecular complexity index is 427. The van der Waals surface area contributed by atoms with Crippen LogP contribution < -0.4 is 5.73 Å². The third-order valence-electron chi connectivity index (χ3n) is 3.45. The van der Waals surface area contributed by atoms with Crippen molar-refractivity contribution >= 4 is 5.91 Å². The average molecular weight is 262 g/mol. The number of carbonyl (C=O) groups excluding carboxylic acids is 1. The summed E-state index contributed by atoms with van der Waals surface area (Å²) in [5.41, 5.74) is 6.95. The lowest BCUT2D eigenvalue weighted by Crippen LogP contribution is -2.49. The molecule has 1 amide bonds. The standard InChI is InChI=1S/C14H22N4O/c1-12-4-2-5-13(16-12)14(19)18-10-8-17(9-11-18)7-3-6-15/h2,4-5H,3,6-11,15H2,1H3. The molecule has 2 N–H and O–H groups in total. The molecule has 0 unspecified atom stereocenters. The van der Waals surface area contributed by atoms with Gasteiger partial charge in [0.25, 0.3) is 5.91 Å². The molecule has 1 aromatic heterocycles. The van der Waals surface area contributed by atoms with Gasteiger partial charge in [-0.15, -0.1) is 0 Å². The van der Waals surface area contributed by atoms with Crippen LogP contribution >= 0.6 is 0 Å². The first kappa shape index (κ1) is 14.0. The van der Waals surface area contributed by atoms with Crippen LogP contribution in [0.25, 0.3) is 0 Å². The molecule has 1 saturated heterocycles. The van der Waals surface area contributed by atoms with Crippen molar-refractivity contribution in [3.8, 4) is 0 Å². The Morgan fingerprint density at radius 3 is 2.68 bits per heavy atom. The number of hydrogen-bond acceptors (Lipinski definition) is 4. The summed E-state index contributed by atoms with van der Waals surface area (Å²) in [5.74, 6) is 0.0437. The Morgan fingerprint density at radius 2 is 2.05 bits per heavy atom. The highest BCUT2D eigenvalue weighted by atomic mass is 16.2. The van der Waals surface area contributed by atoms with E-state index in [9.17, 15) is 4.79 Å². The summed E-state index contributed by atoms with van der Waals surface area (Å²) in [6.45, 7) is 7.07. The van der Waals surface area contributed by atoms with Crippen LogP contribution in [0.1, 0.15) is 22.6 Å². The van der Waals surface area contributed by atoms with Crippen molar-refractivity contribution in [1.82, 2.24) is 14.8 Å². The van der Waals surface area contributed by atoms with Gasteiger partial charge in [-0.1, -0.05) is 6.07 Å². The number of aromatic nitrogens is 1. The molecule has 0 atom stereocenters. The molecule has 104 valence electrons. The van der Waals surface area contributed by atoms with E-state index in [1.54, 1.807) is 6.07 Å². The number of pyridine rings is 1. The van der Waals surface area contributed by atoms with E-state index in [-0.39, 0.29) is 5.91 Å². The van der Waals surface area contributed by atoms with Gasteiger partial charge < -0.3 is 10.6 Å². The second kappa shape index (κ2) is 6.63. The van der Waals surface area contributed by atoms with E-state index in [2.05, 4.69) is 9.88 Å². The maximum Gasteiger partial charge on any atom is 0.272 e. The van der Waals surface area contributed by atoms with Crippen LogP contribution in [0, 0.1) is 6.92 Å². The minimum Gasteiger partial charge on any atom is -0.335 e. The van der Waals surface area contributed by atoms with E-state index in [1.807, 2.05) is 24.0 Å². The summed E-state index contributed by atoms with van der Waals surface area (Å²) in [4.78, 5) is 20.8. The van der Waals surface area contributed by atoms with E-state index in [4.69, 9.17) is 5.73 Å². The molecule has 5 nitrogen and oxygen atoms in total. The lowest BCUT2D eigenvalue weighted by atomic mass is 10.2. The van der Waals surface area contributed by atoms with Gasteiger partial charge in [-0.25, -0.2) is 4.98 Å². The first-order valence-electron chi connectivity index (χ1n) is 6.86. The SMILES string of the molecule is Cc1cccc(C(=O)N2CCN(CCCN)CC2)n1. The zero-order valence-corrected chi connectivity index (χ0v) is 11.5. The summed E-state index contributed by atoms with van der Waals surface area (Å²) < 4.78 is 0. The molecular formula is C14H22N4O. The third-order valence-corrected chi connectivity index (χ3v) is 3.45. The summed E-state index contributed by atoms with van der Waals surface area (Å²) in [7, 11) is 0. The normalized spacial score (nSPS) is 16.6. The fourth-order valence-corrected chi connectivity index (χ4v) is 2.31. The van der Waals surface area contributed by atoms with Crippen LogP contribution in [0.3, 0.4) is 0 Å². The minimum atomic E-state index is 0.0437. The van der Waals surface area contributed by atoms with E-state index in [0.717, 1.165) is 51.4 Å². The monoisotopic (exact) mass is 262 g/mol. The fourth-order valence-electron chi connectivity index (χ4n) is 2.31. The Kier molecular flexibility index (Phi) is 4.87. The second-order valence-corrected chi connectivity index (χ2v) is 4.94. The van der Waals surface area contributed by atoms with Crippen molar-refractivity contribution in [3.05, 3.63) is 29.6 Å². The van der Waals surface area contributed by atoms with Crippen LogP contribution in [0.4, 0.5) is 0 Å². The minimum absolute atomic E-state index is 0.0437. The predicted octanol–water partition coefficient (Wildman–Crippen LogP) is 0.497. The van der Waals surface area contributed by atoms with E-state index in [1.165, 1.54) is 0 Å². The lowest BCUT2D eigenvalue weighted by Gasteiger charge is -2.34. The van der Waals surface area contributed by atoms with Crippen LogP contribution in [0.5, 0.6) is 0 Å². The molecule has 2 heterocycles. The van der Waals surface area contributed by atoms with Gasteiger partial charge in [-0.2, -0.15) is 0 Å². The number of nitrogens with two attached hydrogens (primary N) is 1. The zero-order chi connectivity index (χ0) is 13.7. The number of carbonyl (C=O) groups is 1. The summed E-state index contributed by atoms with van der Waals surface area (Å²) in [6, 6.07) is 5.57. The topological polar surface area (TPSA) is 62.5 Å². The van der Waals surface area contributed by atoms with Crippen molar-refractivity contribution in [2.24, 2.45) is 5.73 Å². The van der Waals surface area contributed by atoms with Gasteiger partial charge in [0.2, 0.25) is 0 Å². The molecule has 0 radical (unpaired) electrons. The highest BCUT2D eigenvalue weighted by Crippen LogP contribution is 2.08. The molecular weight excluding hydrogens is 240 g/mol. The molecule has 0 aliphatic carbocycles. The number of amides is 1. The molecule has 0 bridgehead atoms. The highest BCUT2D eigenvalue weighted by molar-refractivity contribution is 5.92. The summed E-state index contributed by atoms with van der Waals surface area (Å²) in [6.07, 6.45) is 1.02. The van der Waals surface area contributed by atoms with Crippen molar-refractivity contribution < 1.29 is 4.79 Å². The second-order valence-electron chi connectivity index (χ2n) is 4.94. The van der Waals surface area contributed by atoms with E-state index in [0.29, 0.717) is 5.69 Å². The Balaban J connectivity index is 1.89. The number of rotatable bonds is 4. The summed E-state index contributed by atoms with van der Waals surface area (Å²) >= 11 is 0. The number of hydrogen-bond donors (Lipinski definition) is 1. The van der Waals surface area contributed by atoms with E-state index < -0.39 is 0 Å². The number of aryl methyl sites for hydroxylation is 1.